The van der Waals surface area contributed by atoms with Crippen molar-refractivity contribution < 1.29 is 0 Å². The molecule has 0 unspecified atom stereocenters. The zero-order valence-corrected chi connectivity index (χ0v) is 31.6. The van der Waals surface area contributed by atoms with E-state index >= 15 is 0 Å². The third-order valence-corrected chi connectivity index (χ3v) is 10.7. The van der Waals surface area contributed by atoms with Crippen molar-refractivity contribution in [1.82, 2.24) is 9.38 Å². The quantitative estimate of drug-likeness (QED) is 0.138. The predicted molar refractivity (Wildman–Crippen MR) is 235 cm³/mol. The fourth-order valence-electron chi connectivity index (χ4n) is 8.04. The molecule has 2 aromatic heterocycles. The number of para-hydroxylation sites is 3. The second-order valence-corrected chi connectivity index (χ2v) is 13.9. The Morgan fingerprint density at radius 2 is 1.11 bits per heavy atom. The third-order valence-electron chi connectivity index (χ3n) is 10.7. The monoisotopic (exact) mass is 735 g/mol. The molecule has 0 amide bonds. The van der Waals surface area contributed by atoms with Crippen molar-refractivity contribution in [2.75, 3.05) is 9.80 Å². The Hall–Kier alpha value is -7.75. The molecule has 0 aliphatic carbocycles. The zero-order valence-electron chi connectivity index (χ0n) is 31.6. The van der Waals surface area contributed by atoms with Crippen LogP contribution in [0.3, 0.4) is 0 Å². The molecule has 0 atom stereocenters. The van der Waals surface area contributed by atoms with Crippen LogP contribution in [-0.4, -0.2) is 9.38 Å². The Morgan fingerprint density at radius 3 is 1.61 bits per heavy atom. The topological polar surface area (TPSA) is 64.6 Å². The van der Waals surface area contributed by atoms with Gasteiger partial charge in [-0.1, -0.05) is 104 Å². The van der Waals surface area contributed by atoms with Gasteiger partial charge >= 0.3 is 0 Å². The molecule has 6 heteroatoms. The smallest absolute Gasteiger partial charge is 0.264 e. The summed E-state index contributed by atoms with van der Waals surface area (Å²) in [6.07, 6.45) is 3.92. The minimum absolute atomic E-state index is 0.188. The van der Waals surface area contributed by atoms with Crippen LogP contribution in [0.5, 0.6) is 0 Å². The van der Waals surface area contributed by atoms with Gasteiger partial charge < -0.3 is 9.80 Å². The van der Waals surface area contributed by atoms with Crippen LogP contribution in [0.1, 0.15) is 18.3 Å². The number of pyridine rings is 1. The maximum Gasteiger partial charge on any atom is 0.264 e. The number of anilines is 5. The maximum atomic E-state index is 14.3. The third kappa shape index (κ3) is 5.90. The van der Waals surface area contributed by atoms with Crippen LogP contribution in [0.25, 0.3) is 49.4 Å². The number of aromatic nitrogens is 2. The fraction of sp³-hybridized carbons (Fsp3) is 0.0392. The minimum Gasteiger partial charge on any atom is -0.311 e. The van der Waals surface area contributed by atoms with Crippen molar-refractivity contribution in [3.63, 3.8) is 0 Å². The van der Waals surface area contributed by atoms with Gasteiger partial charge in [0.1, 0.15) is 11.7 Å². The number of rotatable bonds is 9. The van der Waals surface area contributed by atoms with E-state index < -0.39 is 0 Å². The van der Waals surface area contributed by atoms with Crippen molar-refractivity contribution in [3.8, 4) is 28.3 Å². The number of imidazole rings is 1. The van der Waals surface area contributed by atoms with Crippen molar-refractivity contribution in [2.24, 2.45) is 0 Å². The highest BCUT2D eigenvalue weighted by atomic mass is 16.1. The first kappa shape index (κ1) is 35.0. The van der Waals surface area contributed by atoms with Crippen LogP contribution in [0.4, 0.5) is 28.4 Å². The van der Waals surface area contributed by atoms with Crippen molar-refractivity contribution >= 4 is 55.6 Å². The van der Waals surface area contributed by atoms with E-state index in [0.717, 1.165) is 72.5 Å². The Morgan fingerprint density at radius 1 is 0.632 bits per heavy atom. The summed E-state index contributed by atoms with van der Waals surface area (Å²) in [6, 6.07) is 58.4. The molecule has 6 nitrogen and oxygen atoms in total. The van der Waals surface area contributed by atoms with Gasteiger partial charge in [-0.3, -0.25) is 9.20 Å². The van der Waals surface area contributed by atoms with Gasteiger partial charge in [-0.25, -0.2) is 4.98 Å². The molecular weight excluding hydrogens is 699 g/mol. The summed E-state index contributed by atoms with van der Waals surface area (Å²) in [5.74, 6) is 0. The number of benzene rings is 7. The lowest BCUT2D eigenvalue weighted by Crippen LogP contribution is -2.15. The summed E-state index contributed by atoms with van der Waals surface area (Å²) in [5, 5.41) is 13.1. The van der Waals surface area contributed by atoms with Gasteiger partial charge in [0.05, 0.1) is 5.69 Å². The van der Waals surface area contributed by atoms with Crippen LogP contribution < -0.4 is 15.4 Å². The maximum absolute atomic E-state index is 14.3. The second kappa shape index (κ2) is 14.5. The predicted octanol–water partition coefficient (Wildman–Crippen LogP) is 12.7. The lowest BCUT2D eigenvalue weighted by molar-refractivity contribution is 1.07. The Labute approximate surface area is 331 Å². The average Bonchev–Trinajstić information content (AvgIpc) is 3.62. The Kier molecular flexibility index (Phi) is 8.89. The van der Waals surface area contributed by atoms with Gasteiger partial charge in [-0.15, -0.1) is 0 Å². The van der Waals surface area contributed by atoms with E-state index in [9.17, 15) is 10.1 Å². The second-order valence-electron chi connectivity index (χ2n) is 13.9. The Balaban J connectivity index is 1.25. The average molecular weight is 736 g/mol. The molecule has 0 aliphatic heterocycles. The number of hydrogen-bond donors (Lipinski definition) is 0. The van der Waals surface area contributed by atoms with Crippen molar-refractivity contribution in [3.05, 3.63) is 210 Å². The van der Waals surface area contributed by atoms with Crippen LogP contribution >= 0.6 is 0 Å². The summed E-state index contributed by atoms with van der Waals surface area (Å²) in [5.41, 5.74) is 11.2. The number of nitriles is 1. The van der Waals surface area contributed by atoms with Gasteiger partial charge in [0.2, 0.25) is 0 Å². The van der Waals surface area contributed by atoms with E-state index in [2.05, 4.69) is 155 Å². The van der Waals surface area contributed by atoms with Crippen LogP contribution in [0.15, 0.2) is 193 Å². The standard InChI is InChI=1S/C51H37N5O/c1-4-37(5-2)55(38-15-9-6-10-16-38)41-25-21-35(22-26-41)43-29-31-45-49-46(51(57)54-34(3)47(33-52)53-50(45)54)32-30-44(48(43)49)36-23-27-42(28-24-36)56(39-17-11-7-12-18-39)40-19-13-8-14-20-40/h4-32H,1H2,2-3H3/b37-5+. The van der Waals surface area contributed by atoms with Crippen LogP contribution in [0, 0.1) is 18.3 Å². The molecule has 0 N–H and O–H groups in total. The van der Waals surface area contributed by atoms with Gasteiger partial charge in [-0.2, -0.15) is 5.26 Å². The normalized spacial score (nSPS) is 11.6. The zero-order chi connectivity index (χ0) is 39.0. The molecule has 57 heavy (non-hydrogen) atoms. The minimum atomic E-state index is -0.188. The molecule has 272 valence electrons. The molecule has 0 bridgehead atoms. The highest BCUT2D eigenvalue weighted by Crippen LogP contribution is 2.43. The lowest BCUT2D eigenvalue weighted by atomic mass is 9.88. The van der Waals surface area contributed by atoms with E-state index in [0.29, 0.717) is 16.7 Å². The van der Waals surface area contributed by atoms with Crippen LogP contribution in [-0.2, 0) is 0 Å². The van der Waals surface area contributed by atoms with Gasteiger partial charge in [0.15, 0.2) is 5.69 Å². The highest BCUT2D eigenvalue weighted by molar-refractivity contribution is 6.22. The van der Waals surface area contributed by atoms with Crippen molar-refractivity contribution in [1.29, 1.82) is 5.26 Å². The molecule has 7 aromatic carbocycles. The van der Waals surface area contributed by atoms with E-state index in [1.807, 2.05) is 55.5 Å². The summed E-state index contributed by atoms with van der Waals surface area (Å²) in [4.78, 5) is 23.4. The van der Waals surface area contributed by atoms with Gasteiger partial charge in [0, 0.05) is 50.3 Å². The van der Waals surface area contributed by atoms with Crippen LogP contribution in [0.2, 0.25) is 0 Å². The first-order chi connectivity index (χ1) is 28.0. The molecule has 0 spiro atoms. The molecular formula is C51H37N5O. The summed E-state index contributed by atoms with van der Waals surface area (Å²) in [7, 11) is 0. The number of hydrogen-bond acceptors (Lipinski definition) is 5. The molecule has 0 aliphatic rings. The number of fused-ring (bicyclic) bond motifs is 2. The summed E-state index contributed by atoms with van der Waals surface area (Å²) < 4.78 is 1.58. The van der Waals surface area contributed by atoms with E-state index in [1.54, 1.807) is 11.3 Å². The van der Waals surface area contributed by atoms with E-state index in [1.165, 1.54) is 0 Å². The number of nitrogens with zero attached hydrogens (tertiary/aromatic N) is 5. The molecule has 2 heterocycles. The first-order valence-electron chi connectivity index (χ1n) is 18.9. The summed E-state index contributed by atoms with van der Waals surface area (Å²) >= 11 is 0. The van der Waals surface area contributed by atoms with Gasteiger partial charge in [-0.05, 0) is 120 Å². The molecule has 0 fully saturated rings. The molecule has 9 aromatic rings. The highest BCUT2D eigenvalue weighted by Gasteiger charge is 2.22. The van der Waals surface area contributed by atoms with Crippen molar-refractivity contribution in [2.45, 2.75) is 13.8 Å². The number of aryl methyl sites for hydroxylation is 1. The SMILES string of the molecule is C=C/C(=C\C)N(c1ccccc1)c1ccc(-c2ccc3c4c2c(-c2ccc(N(c5ccccc5)c5ccccc5)cc2)ccc4c(=O)n2c(C)c(C#N)nc32)cc1. The molecule has 9 rings (SSSR count). The molecule has 0 saturated heterocycles. The van der Waals surface area contributed by atoms with E-state index in [-0.39, 0.29) is 11.3 Å². The molecule has 0 radical (unpaired) electrons. The van der Waals surface area contributed by atoms with Gasteiger partial charge in [0.25, 0.3) is 5.56 Å². The Bertz CT molecular complexity index is 3020. The molecule has 0 saturated carbocycles. The largest absolute Gasteiger partial charge is 0.311 e. The van der Waals surface area contributed by atoms with E-state index in [4.69, 9.17) is 0 Å². The number of allylic oxidation sites excluding steroid dienone is 2. The first-order valence-corrected chi connectivity index (χ1v) is 18.9. The fourth-order valence-corrected chi connectivity index (χ4v) is 8.04. The summed E-state index contributed by atoms with van der Waals surface area (Å²) in [6.45, 7) is 7.88. The lowest BCUT2D eigenvalue weighted by Gasteiger charge is -2.26.